The highest BCUT2D eigenvalue weighted by atomic mass is 79.9. The van der Waals surface area contributed by atoms with E-state index in [4.69, 9.17) is 5.73 Å². The number of halogens is 1. The summed E-state index contributed by atoms with van der Waals surface area (Å²) in [6, 6.07) is 2.00. The van der Waals surface area contributed by atoms with Crippen LogP contribution in [0.3, 0.4) is 0 Å². The number of thiol groups is 1. The van der Waals surface area contributed by atoms with Crippen molar-refractivity contribution >= 4 is 34.2 Å². The van der Waals surface area contributed by atoms with Crippen molar-refractivity contribution in [1.29, 1.82) is 0 Å². The highest BCUT2D eigenvalue weighted by Crippen LogP contribution is 2.31. The van der Waals surface area contributed by atoms with Gasteiger partial charge < -0.3 is 5.73 Å². The van der Waals surface area contributed by atoms with Gasteiger partial charge in [0, 0.05) is 9.37 Å². The maximum Gasteiger partial charge on any atom is 0.0596 e. The number of hydrogen-bond donors (Lipinski definition) is 2. The summed E-state index contributed by atoms with van der Waals surface area (Å²) in [6.45, 7) is 4.06. The Morgan fingerprint density at radius 3 is 2.55 bits per heavy atom. The lowest BCUT2D eigenvalue weighted by molar-refractivity contribution is 1.23. The number of nitrogens with two attached hydrogens (primary N) is 1. The molecule has 1 rings (SSSR count). The van der Waals surface area contributed by atoms with Crippen molar-refractivity contribution < 1.29 is 0 Å². The lowest BCUT2D eigenvalue weighted by atomic mass is 10.1. The minimum atomic E-state index is 0.719. The molecule has 0 unspecified atom stereocenters. The standard InChI is InChI=1S/C8H10BrNS/c1-4-3-6(9)7(10)8(11)5(4)2/h3,11H,10H2,1-2H3. The second-order valence-corrected chi connectivity index (χ2v) is 3.86. The maximum atomic E-state index is 5.73. The molecule has 0 aliphatic heterocycles. The third kappa shape index (κ3) is 1.54. The minimum Gasteiger partial charge on any atom is -0.397 e. The van der Waals surface area contributed by atoms with Crippen LogP contribution in [0.1, 0.15) is 11.1 Å². The molecule has 0 saturated heterocycles. The fourth-order valence-corrected chi connectivity index (χ4v) is 1.87. The average Bonchev–Trinajstić information content (AvgIpc) is 1.97. The summed E-state index contributed by atoms with van der Waals surface area (Å²) in [5.74, 6) is 0. The van der Waals surface area contributed by atoms with Gasteiger partial charge in [0.1, 0.15) is 0 Å². The molecule has 3 heteroatoms. The van der Waals surface area contributed by atoms with Crippen LogP contribution < -0.4 is 5.73 Å². The highest BCUT2D eigenvalue weighted by molar-refractivity contribution is 9.10. The van der Waals surface area contributed by atoms with Crippen molar-refractivity contribution in [2.45, 2.75) is 18.7 Å². The SMILES string of the molecule is Cc1cc(Br)c(N)c(S)c1C. The number of anilines is 1. The van der Waals surface area contributed by atoms with Crippen LogP contribution in [-0.2, 0) is 0 Å². The molecule has 0 saturated carbocycles. The second-order valence-electron chi connectivity index (χ2n) is 2.56. The van der Waals surface area contributed by atoms with Crippen molar-refractivity contribution in [2.24, 2.45) is 0 Å². The summed E-state index contributed by atoms with van der Waals surface area (Å²) in [5, 5.41) is 0. The Morgan fingerprint density at radius 2 is 2.00 bits per heavy atom. The molecule has 1 nitrogen and oxygen atoms in total. The van der Waals surface area contributed by atoms with Gasteiger partial charge in [0.25, 0.3) is 0 Å². The molecule has 11 heavy (non-hydrogen) atoms. The van der Waals surface area contributed by atoms with Gasteiger partial charge in [0.05, 0.1) is 5.69 Å². The van der Waals surface area contributed by atoms with Crippen molar-refractivity contribution in [3.63, 3.8) is 0 Å². The lowest BCUT2D eigenvalue weighted by Gasteiger charge is -2.08. The average molecular weight is 232 g/mol. The van der Waals surface area contributed by atoms with E-state index in [2.05, 4.69) is 28.6 Å². The van der Waals surface area contributed by atoms with Crippen LogP contribution in [0.25, 0.3) is 0 Å². The summed E-state index contributed by atoms with van der Waals surface area (Å²) in [7, 11) is 0. The predicted octanol–water partition coefficient (Wildman–Crippen LogP) is 2.94. The van der Waals surface area contributed by atoms with Gasteiger partial charge in [-0.15, -0.1) is 12.6 Å². The van der Waals surface area contributed by atoms with Crippen molar-refractivity contribution in [2.75, 3.05) is 5.73 Å². The van der Waals surface area contributed by atoms with Gasteiger partial charge in [-0.1, -0.05) is 0 Å². The number of benzene rings is 1. The van der Waals surface area contributed by atoms with E-state index >= 15 is 0 Å². The van der Waals surface area contributed by atoms with E-state index in [9.17, 15) is 0 Å². The van der Waals surface area contributed by atoms with Gasteiger partial charge in [-0.2, -0.15) is 0 Å². The Hall–Kier alpha value is -0.150. The first-order chi connectivity index (χ1) is 5.04. The summed E-state index contributed by atoms with van der Waals surface area (Å²) in [6.07, 6.45) is 0. The zero-order valence-electron chi connectivity index (χ0n) is 6.48. The Labute approximate surface area is 80.5 Å². The van der Waals surface area contributed by atoms with E-state index in [0.717, 1.165) is 20.6 Å². The van der Waals surface area contributed by atoms with Crippen LogP contribution in [0.4, 0.5) is 5.69 Å². The van der Waals surface area contributed by atoms with Crippen molar-refractivity contribution in [1.82, 2.24) is 0 Å². The van der Waals surface area contributed by atoms with Crippen molar-refractivity contribution in [3.05, 3.63) is 21.7 Å². The molecule has 0 bridgehead atoms. The van der Waals surface area contributed by atoms with E-state index in [-0.39, 0.29) is 0 Å². The summed E-state index contributed by atoms with van der Waals surface area (Å²) in [5.41, 5.74) is 8.80. The highest BCUT2D eigenvalue weighted by Gasteiger charge is 2.05. The van der Waals surface area contributed by atoms with E-state index in [1.807, 2.05) is 19.9 Å². The Morgan fingerprint density at radius 1 is 1.45 bits per heavy atom. The summed E-state index contributed by atoms with van der Waals surface area (Å²) >= 11 is 7.65. The zero-order valence-corrected chi connectivity index (χ0v) is 8.96. The molecule has 1 aromatic rings. The van der Waals surface area contributed by atoms with E-state index in [0.29, 0.717) is 0 Å². The summed E-state index contributed by atoms with van der Waals surface area (Å²) in [4.78, 5) is 0.872. The Bertz CT molecular complexity index is 270. The predicted molar refractivity (Wildman–Crippen MR) is 55.3 cm³/mol. The zero-order chi connectivity index (χ0) is 8.59. The molecule has 0 amide bonds. The van der Waals surface area contributed by atoms with Crippen molar-refractivity contribution in [3.8, 4) is 0 Å². The molecule has 0 fully saturated rings. The topological polar surface area (TPSA) is 26.0 Å². The Balaban J connectivity index is 3.46. The van der Waals surface area contributed by atoms with Gasteiger partial charge in [0.2, 0.25) is 0 Å². The summed E-state index contributed by atoms with van der Waals surface area (Å²) < 4.78 is 0.922. The number of hydrogen-bond acceptors (Lipinski definition) is 2. The number of aryl methyl sites for hydroxylation is 1. The van der Waals surface area contributed by atoms with Gasteiger partial charge in [0.15, 0.2) is 0 Å². The monoisotopic (exact) mass is 231 g/mol. The Kier molecular flexibility index (Phi) is 2.50. The quantitative estimate of drug-likeness (QED) is 0.522. The molecule has 1 aromatic carbocycles. The number of nitrogen functional groups attached to an aromatic ring is 1. The van der Waals surface area contributed by atoms with Crippen LogP contribution in [0.5, 0.6) is 0 Å². The smallest absolute Gasteiger partial charge is 0.0596 e. The second kappa shape index (κ2) is 3.07. The van der Waals surface area contributed by atoms with Gasteiger partial charge in [-0.25, -0.2) is 0 Å². The van der Waals surface area contributed by atoms with Gasteiger partial charge in [-0.3, -0.25) is 0 Å². The normalized spacial score (nSPS) is 10.2. The van der Waals surface area contributed by atoms with E-state index in [1.165, 1.54) is 5.56 Å². The molecule has 2 N–H and O–H groups in total. The molecule has 0 aliphatic carbocycles. The van der Waals surface area contributed by atoms with E-state index in [1.54, 1.807) is 0 Å². The molecule has 60 valence electrons. The first-order valence-electron chi connectivity index (χ1n) is 3.28. The fourth-order valence-electron chi connectivity index (χ4n) is 0.878. The van der Waals surface area contributed by atoms with Crippen LogP contribution in [0, 0.1) is 13.8 Å². The lowest BCUT2D eigenvalue weighted by Crippen LogP contribution is -1.93. The molecule has 0 aromatic heterocycles. The molecule has 0 spiro atoms. The first kappa shape index (κ1) is 8.94. The third-order valence-corrected chi connectivity index (χ3v) is 3.03. The minimum absolute atomic E-state index is 0.719. The molecule has 0 atom stereocenters. The molecular formula is C8H10BrNS. The van der Waals surface area contributed by atoms with Gasteiger partial charge in [-0.05, 0) is 47.0 Å². The van der Waals surface area contributed by atoms with Gasteiger partial charge >= 0.3 is 0 Å². The maximum absolute atomic E-state index is 5.73. The third-order valence-electron chi connectivity index (χ3n) is 1.80. The first-order valence-corrected chi connectivity index (χ1v) is 4.52. The van der Waals surface area contributed by atoms with Crippen LogP contribution in [-0.4, -0.2) is 0 Å². The van der Waals surface area contributed by atoms with Crippen LogP contribution in [0.2, 0.25) is 0 Å². The molecule has 0 heterocycles. The number of rotatable bonds is 0. The van der Waals surface area contributed by atoms with Crippen LogP contribution >= 0.6 is 28.6 Å². The molecule has 0 radical (unpaired) electrons. The van der Waals surface area contributed by atoms with E-state index < -0.39 is 0 Å². The largest absolute Gasteiger partial charge is 0.397 e. The fraction of sp³-hybridized carbons (Fsp3) is 0.250. The molecular weight excluding hydrogens is 222 g/mol. The molecule has 0 aliphatic rings. The van der Waals surface area contributed by atoms with Crippen LogP contribution in [0.15, 0.2) is 15.4 Å².